The maximum absolute atomic E-state index is 10.2. The molecule has 0 aliphatic heterocycles. The molecule has 0 spiro atoms. The van der Waals surface area contributed by atoms with E-state index >= 15 is 0 Å². The topological polar surface area (TPSA) is 94.7 Å². The van der Waals surface area contributed by atoms with Crippen molar-refractivity contribution in [3.63, 3.8) is 0 Å². The molecule has 17 heavy (non-hydrogen) atoms. The number of carboxylic acid groups (broad SMARTS) is 1. The fraction of sp³-hybridized carbons (Fsp3) is 0.700. The zero-order chi connectivity index (χ0) is 12.9. The van der Waals surface area contributed by atoms with Gasteiger partial charge >= 0.3 is 5.97 Å². The molecule has 7 nitrogen and oxygen atoms in total. The number of aliphatic carboxylic acids is 1. The Morgan fingerprint density at radius 3 is 2.41 bits per heavy atom. The van der Waals surface area contributed by atoms with Crippen LogP contribution in [0.3, 0.4) is 0 Å². The summed E-state index contributed by atoms with van der Waals surface area (Å²) in [5.74, 6) is -0.464. The Hall–Kier alpha value is -1.47. The predicted molar refractivity (Wildman–Crippen MR) is 56.1 cm³/mol. The number of carboxylic acids is 1. The number of hydrogen-bond donors (Lipinski definition) is 1. The first-order valence-electron chi connectivity index (χ1n) is 5.11. The van der Waals surface area contributed by atoms with E-state index in [0.717, 1.165) is 0 Å². The van der Waals surface area contributed by atoms with Gasteiger partial charge in [-0.05, 0) is 20.8 Å². The number of aromatic nitrogens is 2. The van der Waals surface area contributed by atoms with Crippen LogP contribution < -0.4 is 0 Å². The van der Waals surface area contributed by atoms with Gasteiger partial charge in [-0.15, -0.1) is 10.2 Å². The molecule has 1 heterocycles. The Kier molecular flexibility index (Phi) is 4.59. The van der Waals surface area contributed by atoms with Crippen LogP contribution in [-0.2, 0) is 27.5 Å². The molecule has 0 fully saturated rings. The number of ether oxygens (including phenoxy) is 2. The van der Waals surface area contributed by atoms with Crippen LogP contribution in [0.2, 0.25) is 0 Å². The zero-order valence-corrected chi connectivity index (χ0v) is 10.1. The number of hydrogen-bond acceptors (Lipinski definition) is 6. The molecule has 1 aromatic heterocycles. The van der Waals surface area contributed by atoms with Gasteiger partial charge in [0, 0.05) is 0 Å². The van der Waals surface area contributed by atoms with E-state index in [1.807, 2.05) is 20.8 Å². The zero-order valence-electron chi connectivity index (χ0n) is 10.1. The summed E-state index contributed by atoms with van der Waals surface area (Å²) in [6, 6.07) is 0. The summed E-state index contributed by atoms with van der Waals surface area (Å²) >= 11 is 0. The van der Waals surface area contributed by atoms with Gasteiger partial charge in [0.05, 0.1) is 5.60 Å². The second-order valence-electron chi connectivity index (χ2n) is 4.38. The molecule has 0 atom stereocenters. The standard InChI is InChI=1S/C10H16N2O5/c1-10(2,3)16-5-8-12-11-7(17-8)4-15-6-9(13)14/h4-6H2,1-3H3,(H,13,14). The Bertz CT molecular complexity index is 369. The second kappa shape index (κ2) is 5.74. The molecular formula is C10H16N2O5. The molecule has 0 unspecified atom stereocenters. The Morgan fingerprint density at radius 1 is 1.29 bits per heavy atom. The van der Waals surface area contributed by atoms with E-state index in [-0.39, 0.29) is 24.7 Å². The third-order valence-electron chi connectivity index (χ3n) is 1.59. The first-order valence-corrected chi connectivity index (χ1v) is 5.11. The van der Waals surface area contributed by atoms with Gasteiger partial charge in [-0.2, -0.15) is 0 Å². The van der Waals surface area contributed by atoms with E-state index < -0.39 is 12.6 Å². The maximum atomic E-state index is 10.2. The molecule has 0 amide bonds. The van der Waals surface area contributed by atoms with Gasteiger partial charge in [0.1, 0.15) is 19.8 Å². The van der Waals surface area contributed by atoms with Crippen LogP contribution in [0.5, 0.6) is 0 Å². The van der Waals surface area contributed by atoms with Crippen LogP contribution in [0, 0.1) is 0 Å². The summed E-state index contributed by atoms with van der Waals surface area (Å²) in [4.78, 5) is 10.2. The molecule has 0 radical (unpaired) electrons. The number of nitrogens with zero attached hydrogens (tertiary/aromatic N) is 2. The lowest BCUT2D eigenvalue weighted by molar-refractivity contribution is -0.142. The minimum atomic E-state index is -1.04. The lowest BCUT2D eigenvalue weighted by Crippen LogP contribution is -2.18. The Morgan fingerprint density at radius 2 is 1.88 bits per heavy atom. The van der Waals surface area contributed by atoms with Crippen molar-refractivity contribution in [2.75, 3.05) is 6.61 Å². The van der Waals surface area contributed by atoms with Gasteiger partial charge in [0.2, 0.25) is 11.8 Å². The largest absolute Gasteiger partial charge is 0.480 e. The van der Waals surface area contributed by atoms with Gasteiger partial charge in [0.15, 0.2) is 0 Å². The van der Waals surface area contributed by atoms with Crippen molar-refractivity contribution >= 4 is 5.97 Å². The highest BCUT2D eigenvalue weighted by Crippen LogP contribution is 2.11. The molecule has 0 aliphatic rings. The van der Waals surface area contributed by atoms with E-state index in [1.54, 1.807) is 0 Å². The first kappa shape index (κ1) is 13.6. The van der Waals surface area contributed by atoms with Gasteiger partial charge < -0.3 is 19.0 Å². The molecule has 0 aromatic carbocycles. The summed E-state index contributed by atoms with van der Waals surface area (Å²) in [5.41, 5.74) is -0.283. The molecule has 1 aromatic rings. The molecule has 7 heteroatoms. The Labute approximate surface area is 98.7 Å². The van der Waals surface area contributed by atoms with E-state index in [1.165, 1.54) is 0 Å². The van der Waals surface area contributed by atoms with Crippen molar-refractivity contribution in [3.05, 3.63) is 11.8 Å². The minimum absolute atomic E-state index is 0.0190. The van der Waals surface area contributed by atoms with Crippen molar-refractivity contribution in [1.82, 2.24) is 10.2 Å². The summed E-state index contributed by atoms with van der Waals surface area (Å²) < 4.78 is 15.4. The average Bonchev–Trinajstić information content (AvgIpc) is 2.61. The molecule has 1 N–H and O–H groups in total. The highest BCUT2D eigenvalue weighted by molar-refractivity contribution is 5.67. The van der Waals surface area contributed by atoms with E-state index in [2.05, 4.69) is 10.2 Å². The lowest BCUT2D eigenvalue weighted by atomic mass is 10.2. The highest BCUT2D eigenvalue weighted by atomic mass is 16.5. The molecular weight excluding hydrogens is 228 g/mol. The van der Waals surface area contributed by atoms with Gasteiger partial charge in [-0.1, -0.05) is 0 Å². The third-order valence-corrected chi connectivity index (χ3v) is 1.59. The fourth-order valence-corrected chi connectivity index (χ4v) is 0.909. The predicted octanol–water partition coefficient (Wildman–Crippen LogP) is 0.986. The lowest BCUT2D eigenvalue weighted by Gasteiger charge is -2.17. The summed E-state index contributed by atoms with van der Waals surface area (Å²) in [6.07, 6.45) is 0. The normalized spacial score (nSPS) is 11.7. The van der Waals surface area contributed by atoms with Crippen LogP contribution in [0.1, 0.15) is 32.6 Å². The third kappa shape index (κ3) is 5.98. The highest BCUT2D eigenvalue weighted by Gasteiger charge is 2.13. The number of rotatable bonds is 6. The van der Waals surface area contributed by atoms with Crippen molar-refractivity contribution in [1.29, 1.82) is 0 Å². The SMILES string of the molecule is CC(C)(C)OCc1nnc(COCC(=O)O)o1. The molecule has 0 saturated carbocycles. The van der Waals surface area contributed by atoms with Crippen LogP contribution in [-0.4, -0.2) is 33.5 Å². The van der Waals surface area contributed by atoms with E-state index in [4.69, 9.17) is 19.0 Å². The fourth-order valence-electron chi connectivity index (χ4n) is 0.909. The molecule has 1 rings (SSSR count). The minimum Gasteiger partial charge on any atom is -0.480 e. The van der Waals surface area contributed by atoms with Gasteiger partial charge in [0.25, 0.3) is 0 Å². The van der Waals surface area contributed by atoms with Crippen molar-refractivity contribution < 1.29 is 23.8 Å². The maximum Gasteiger partial charge on any atom is 0.329 e. The van der Waals surface area contributed by atoms with Crippen LogP contribution >= 0.6 is 0 Å². The number of carbonyl (C=O) groups is 1. The quantitative estimate of drug-likeness (QED) is 0.797. The van der Waals surface area contributed by atoms with Crippen molar-refractivity contribution in [2.45, 2.75) is 39.6 Å². The van der Waals surface area contributed by atoms with Gasteiger partial charge in [-0.3, -0.25) is 0 Å². The molecule has 96 valence electrons. The smallest absolute Gasteiger partial charge is 0.329 e. The van der Waals surface area contributed by atoms with E-state index in [0.29, 0.717) is 5.89 Å². The summed E-state index contributed by atoms with van der Waals surface area (Å²) in [7, 11) is 0. The summed E-state index contributed by atoms with van der Waals surface area (Å²) in [6.45, 7) is 5.56. The second-order valence-corrected chi connectivity index (χ2v) is 4.38. The van der Waals surface area contributed by atoms with Crippen LogP contribution in [0.4, 0.5) is 0 Å². The molecule has 0 saturated heterocycles. The molecule has 0 aliphatic carbocycles. The van der Waals surface area contributed by atoms with Crippen LogP contribution in [0.25, 0.3) is 0 Å². The monoisotopic (exact) mass is 244 g/mol. The van der Waals surface area contributed by atoms with Crippen molar-refractivity contribution in [2.24, 2.45) is 0 Å². The van der Waals surface area contributed by atoms with E-state index in [9.17, 15) is 4.79 Å². The van der Waals surface area contributed by atoms with Crippen molar-refractivity contribution in [3.8, 4) is 0 Å². The first-order chi connectivity index (χ1) is 7.87. The van der Waals surface area contributed by atoms with Gasteiger partial charge in [-0.25, -0.2) is 4.79 Å². The van der Waals surface area contributed by atoms with Crippen LogP contribution in [0.15, 0.2) is 4.42 Å². The Balaban J connectivity index is 2.35. The molecule has 0 bridgehead atoms. The summed E-state index contributed by atoms with van der Waals surface area (Å²) in [5, 5.41) is 15.8. The average molecular weight is 244 g/mol.